The summed E-state index contributed by atoms with van der Waals surface area (Å²) >= 11 is 0. The quantitative estimate of drug-likeness (QED) is 0.273. The van der Waals surface area contributed by atoms with Crippen LogP contribution in [0.5, 0.6) is 5.75 Å². The summed E-state index contributed by atoms with van der Waals surface area (Å²) in [6, 6.07) is 28.0. The Bertz CT molecular complexity index is 1170. The number of nitrogens with one attached hydrogen (secondary N) is 1. The van der Waals surface area contributed by atoms with E-state index in [1.165, 1.54) is 11.3 Å². The van der Waals surface area contributed by atoms with E-state index in [1.807, 2.05) is 35.2 Å². The zero-order valence-electron chi connectivity index (χ0n) is 20.8. The molecule has 7 nitrogen and oxygen atoms in total. The summed E-state index contributed by atoms with van der Waals surface area (Å²) in [5.41, 5.74) is 10.0. The third-order valence-corrected chi connectivity index (χ3v) is 6.79. The van der Waals surface area contributed by atoms with E-state index >= 15 is 0 Å². The summed E-state index contributed by atoms with van der Waals surface area (Å²) in [5.74, 6) is 1.07. The summed E-state index contributed by atoms with van der Waals surface area (Å²) in [4.78, 5) is 6.65. The van der Waals surface area contributed by atoms with E-state index in [0.717, 1.165) is 38.2 Å². The maximum absolute atomic E-state index is 9.40. The fourth-order valence-corrected chi connectivity index (χ4v) is 4.79. The molecule has 186 valence electrons. The third kappa shape index (κ3) is 5.85. The molecule has 7 heteroatoms. The first-order valence-electron chi connectivity index (χ1n) is 12.3. The molecule has 1 unspecified atom stereocenters. The van der Waals surface area contributed by atoms with E-state index in [4.69, 9.17) is 10.5 Å². The molecule has 0 radical (unpaired) electrons. The van der Waals surface area contributed by atoms with Gasteiger partial charge >= 0.3 is 0 Å². The van der Waals surface area contributed by atoms with Crippen molar-refractivity contribution in [2.45, 2.75) is 12.5 Å². The first-order valence-corrected chi connectivity index (χ1v) is 12.3. The van der Waals surface area contributed by atoms with Crippen LogP contribution in [0.4, 0.5) is 5.69 Å². The van der Waals surface area contributed by atoms with Crippen molar-refractivity contribution in [1.82, 2.24) is 9.80 Å². The van der Waals surface area contributed by atoms with Gasteiger partial charge in [-0.05, 0) is 36.2 Å². The van der Waals surface area contributed by atoms with E-state index in [9.17, 15) is 10.7 Å². The summed E-state index contributed by atoms with van der Waals surface area (Å²) in [7, 11) is 1.62. The van der Waals surface area contributed by atoms with Gasteiger partial charge in [-0.3, -0.25) is 10.3 Å². The van der Waals surface area contributed by atoms with Crippen LogP contribution in [0, 0.1) is 16.7 Å². The number of hydrogen-bond acceptors (Lipinski definition) is 6. The number of nitrogens with two attached hydrogens (primary N) is 1. The lowest BCUT2D eigenvalue weighted by Crippen LogP contribution is -2.52. The van der Waals surface area contributed by atoms with E-state index in [2.05, 4.69) is 52.3 Å². The second kappa shape index (κ2) is 12.2. The first-order chi connectivity index (χ1) is 17.6. The molecule has 0 bridgehead atoms. The number of nitrogens with zero attached hydrogens (tertiary/aromatic N) is 4. The lowest BCUT2D eigenvalue weighted by molar-refractivity contribution is 0.210. The van der Waals surface area contributed by atoms with Crippen molar-refractivity contribution in [3.8, 4) is 11.8 Å². The SMILES string of the molecule is COc1cc(C#N)ccc1C(C(=N)N(CN)CCc1ccccc1)N1CCN(c2ccccc2)CC1. The molecular formula is C29H34N6O. The maximum atomic E-state index is 9.40. The van der Waals surface area contributed by atoms with E-state index in [-0.39, 0.29) is 12.7 Å². The van der Waals surface area contributed by atoms with Crippen LogP contribution < -0.4 is 15.4 Å². The number of nitriles is 1. The van der Waals surface area contributed by atoms with Crippen molar-refractivity contribution < 1.29 is 4.74 Å². The van der Waals surface area contributed by atoms with Crippen LogP contribution in [0.25, 0.3) is 0 Å². The van der Waals surface area contributed by atoms with Gasteiger partial charge in [0.15, 0.2) is 0 Å². The smallest absolute Gasteiger partial charge is 0.125 e. The fourth-order valence-electron chi connectivity index (χ4n) is 4.79. The highest BCUT2D eigenvalue weighted by Crippen LogP contribution is 2.33. The van der Waals surface area contributed by atoms with Crippen molar-refractivity contribution in [2.75, 3.05) is 51.4 Å². The van der Waals surface area contributed by atoms with Crippen molar-refractivity contribution >= 4 is 11.5 Å². The van der Waals surface area contributed by atoms with Gasteiger partial charge in [0.25, 0.3) is 0 Å². The average molecular weight is 483 g/mol. The summed E-state index contributed by atoms with van der Waals surface area (Å²) in [6.07, 6.45) is 0.805. The number of ether oxygens (including phenoxy) is 1. The number of para-hydroxylation sites is 1. The molecular weight excluding hydrogens is 448 g/mol. The van der Waals surface area contributed by atoms with Crippen molar-refractivity contribution in [1.29, 1.82) is 10.7 Å². The van der Waals surface area contributed by atoms with Gasteiger partial charge in [0, 0.05) is 44.0 Å². The molecule has 0 aliphatic carbocycles. The van der Waals surface area contributed by atoms with Gasteiger partial charge in [-0.2, -0.15) is 5.26 Å². The molecule has 1 heterocycles. The monoisotopic (exact) mass is 482 g/mol. The molecule has 36 heavy (non-hydrogen) atoms. The number of benzene rings is 3. The number of anilines is 1. The Kier molecular flexibility index (Phi) is 8.56. The van der Waals surface area contributed by atoms with Crippen LogP contribution in [-0.2, 0) is 6.42 Å². The van der Waals surface area contributed by atoms with Gasteiger partial charge in [-0.15, -0.1) is 0 Å². The Labute approximate surface area is 213 Å². The van der Waals surface area contributed by atoms with Crippen LogP contribution in [0.2, 0.25) is 0 Å². The predicted molar refractivity (Wildman–Crippen MR) is 144 cm³/mol. The molecule has 1 aliphatic heterocycles. The van der Waals surface area contributed by atoms with Gasteiger partial charge in [0.1, 0.15) is 11.6 Å². The highest BCUT2D eigenvalue weighted by atomic mass is 16.5. The lowest BCUT2D eigenvalue weighted by Gasteiger charge is -2.42. The zero-order valence-corrected chi connectivity index (χ0v) is 20.8. The number of rotatable bonds is 9. The van der Waals surface area contributed by atoms with Crippen LogP contribution in [0.1, 0.15) is 22.7 Å². The van der Waals surface area contributed by atoms with Crippen LogP contribution >= 0.6 is 0 Å². The minimum atomic E-state index is -0.329. The first kappa shape index (κ1) is 25.2. The minimum Gasteiger partial charge on any atom is -0.496 e. The van der Waals surface area contributed by atoms with Crippen molar-refractivity contribution in [2.24, 2.45) is 5.73 Å². The summed E-state index contributed by atoms with van der Waals surface area (Å²) < 4.78 is 5.71. The second-order valence-corrected chi connectivity index (χ2v) is 8.90. The standard InChI is InChI=1S/C29H34N6O/c1-36-27-20-24(21-30)12-13-26(27)28(29(32)35(22-31)15-14-23-8-4-2-5-9-23)34-18-16-33(17-19-34)25-10-6-3-7-11-25/h2-13,20,28,32H,14-19,22,31H2,1H3. The Morgan fingerprint density at radius 1 is 1.03 bits per heavy atom. The van der Waals surface area contributed by atoms with Crippen LogP contribution in [0.3, 0.4) is 0 Å². The fraction of sp³-hybridized carbons (Fsp3) is 0.310. The predicted octanol–water partition coefficient (Wildman–Crippen LogP) is 3.87. The molecule has 1 saturated heterocycles. The molecule has 3 N–H and O–H groups in total. The molecule has 1 fully saturated rings. The number of piperazine rings is 1. The molecule has 1 aliphatic rings. The van der Waals surface area contributed by atoms with Gasteiger partial charge < -0.3 is 20.3 Å². The molecule has 4 rings (SSSR count). The van der Waals surface area contributed by atoms with Crippen LogP contribution in [0.15, 0.2) is 78.9 Å². The van der Waals surface area contributed by atoms with Gasteiger partial charge in [0.05, 0.1) is 31.5 Å². The Hall–Kier alpha value is -3.86. The number of methoxy groups -OCH3 is 1. The molecule has 3 aromatic rings. The largest absolute Gasteiger partial charge is 0.496 e. The second-order valence-electron chi connectivity index (χ2n) is 8.90. The highest BCUT2D eigenvalue weighted by Gasteiger charge is 2.33. The summed E-state index contributed by atoms with van der Waals surface area (Å²) in [5, 5.41) is 18.7. The third-order valence-electron chi connectivity index (χ3n) is 6.79. The normalized spacial score (nSPS) is 14.6. The molecule has 0 saturated carbocycles. The van der Waals surface area contributed by atoms with Crippen molar-refractivity contribution in [3.05, 3.63) is 95.6 Å². The molecule has 3 aromatic carbocycles. The highest BCUT2D eigenvalue weighted by molar-refractivity contribution is 5.87. The Morgan fingerprint density at radius 3 is 2.31 bits per heavy atom. The van der Waals surface area contributed by atoms with Crippen molar-refractivity contribution in [3.63, 3.8) is 0 Å². The summed E-state index contributed by atoms with van der Waals surface area (Å²) in [6.45, 7) is 4.21. The van der Waals surface area contributed by atoms with Gasteiger partial charge in [-0.25, -0.2) is 0 Å². The molecule has 0 amide bonds. The number of amidine groups is 1. The molecule has 0 aromatic heterocycles. The van der Waals surface area contributed by atoms with Crippen LogP contribution in [-0.4, -0.2) is 62.1 Å². The molecule has 0 spiro atoms. The topological polar surface area (TPSA) is 92.6 Å². The number of hydrogen-bond donors (Lipinski definition) is 2. The van der Waals surface area contributed by atoms with E-state index in [0.29, 0.717) is 23.7 Å². The van der Waals surface area contributed by atoms with E-state index < -0.39 is 0 Å². The van der Waals surface area contributed by atoms with Gasteiger partial charge in [-0.1, -0.05) is 54.6 Å². The Morgan fingerprint density at radius 2 is 1.69 bits per heavy atom. The van der Waals surface area contributed by atoms with Gasteiger partial charge in [0.2, 0.25) is 0 Å². The zero-order chi connectivity index (χ0) is 25.3. The maximum Gasteiger partial charge on any atom is 0.125 e. The Balaban J connectivity index is 1.59. The molecule has 1 atom stereocenters. The average Bonchev–Trinajstić information content (AvgIpc) is 2.95. The van der Waals surface area contributed by atoms with E-state index in [1.54, 1.807) is 19.2 Å². The lowest BCUT2D eigenvalue weighted by atomic mass is 9.99. The minimum absolute atomic E-state index is 0.255.